The summed E-state index contributed by atoms with van der Waals surface area (Å²) in [5.74, 6) is 0. The summed E-state index contributed by atoms with van der Waals surface area (Å²) in [6, 6.07) is 3.44. The van der Waals surface area contributed by atoms with Crippen LogP contribution < -0.4 is 0 Å². The van der Waals surface area contributed by atoms with Crippen LogP contribution in [0.15, 0.2) is 18.5 Å². The third kappa shape index (κ3) is 1.78. The fourth-order valence-electron chi connectivity index (χ4n) is 3.37. The molecule has 2 atom stereocenters. The van der Waals surface area contributed by atoms with Crippen LogP contribution in [0.3, 0.4) is 0 Å². The van der Waals surface area contributed by atoms with Gasteiger partial charge < -0.3 is 9.67 Å². The summed E-state index contributed by atoms with van der Waals surface area (Å²) in [6.07, 6.45) is 8.75. The Morgan fingerprint density at radius 3 is 2.56 bits per heavy atom. The minimum Gasteiger partial charge on any atom is -0.393 e. The molecule has 3 heteroatoms. The monoisotopic (exact) mass is 220 g/mol. The first-order chi connectivity index (χ1) is 7.72. The summed E-state index contributed by atoms with van der Waals surface area (Å²) in [6.45, 7) is 1.06. The second-order valence-corrected chi connectivity index (χ2v) is 5.37. The second kappa shape index (κ2) is 3.90. The van der Waals surface area contributed by atoms with Gasteiger partial charge in [0.2, 0.25) is 0 Å². The van der Waals surface area contributed by atoms with Gasteiger partial charge in [0, 0.05) is 38.1 Å². The average molecular weight is 220 g/mol. The number of hydrogen-bond donors (Lipinski definition) is 1. The number of aryl methyl sites for hydroxylation is 1. The van der Waals surface area contributed by atoms with Crippen molar-refractivity contribution in [1.29, 1.82) is 0 Å². The van der Waals surface area contributed by atoms with Gasteiger partial charge in [-0.3, -0.25) is 4.90 Å². The van der Waals surface area contributed by atoms with E-state index in [2.05, 4.69) is 35.0 Å². The highest BCUT2D eigenvalue weighted by molar-refractivity contribution is 5.11. The van der Waals surface area contributed by atoms with Crippen LogP contribution in [0, 0.1) is 0 Å². The molecular weight excluding hydrogens is 200 g/mol. The molecule has 0 radical (unpaired) electrons. The van der Waals surface area contributed by atoms with E-state index in [1.807, 2.05) is 0 Å². The molecular formula is C13H20N2O. The largest absolute Gasteiger partial charge is 0.393 e. The third-order valence-corrected chi connectivity index (χ3v) is 4.12. The highest BCUT2D eigenvalue weighted by atomic mass is 16.3. The van der Waals surface area contributed by atoms with Crippen LogP contribution in [-0.4, -0.2) is 32.8 Å². The van der Waals surface area contributed by atoms with Gasteiger partial charge in [-0.2, -0.15) is 0 Å². The fourth-order valence-corrected chi connectivity index (χ4v) is 3.37. The summed E-state index contributed by atoms with van der Waals surface area (Å²) in [7, 11) is 2.07. The Kier molecular flexibility index (Phi) is 2.52. The molecule has 88 valence electrons. The van der Waals surface area contributed by atoms with E-state index < -0.39 is 0 Å². The fraction of sp³-hybridized carbons (Fsp3) is 0.692. The predicted molar refractivity (Wildman–Crippen MR) is 63.0 cm³/mol. The van der Waals surface area contributed by atoms with Gasteiger partial charge in [0.05, 0.1) is 6.10 Å². The van der Waals surface area contributed by atoms with E-state index in [4.69, 9.17) is 0 Å². The van der Waals surface area contributed by atoms with Crippen molar-refractivity contribution in [3.05, 3.63) is 24.0 Å². The standard InChI is InChI=1S/C13H20N2O/c1-14-5-4-10(8-14)9-15-11-2-3-12(15)7-13(16)6-11/h4-5,8,11-13,16H,2-3,6-7,9H2,1H3. The number of hydrogen-bond acceptors (Lipinski definition) is 2. The zero-order valence-electron chi connectivity index (χ0n) is 9.84. The predicted octanol–water partition coefficient (Wildman–Crippen LogP) is 1.51. The van der Waals surface area contributed by atoms with E-state index >= 15 is 0 Å². The normalized spacial score (nSPS) is 34.5. The first kappa shape index (κ1) is 10.4. The van der Waals surface area contributed by atoms with Crippen molar-refractivity contribution < 1.29 is 5.11 Å². The van der Waals surface area contributed by atoms with Crippen molar-refractivity contribution in [3.8, 4) is 0 Å². The lowest BCUT2D eigenvalue weighted by atomic mass is 9.99. The summed E-state index contributed by atoms with van der Waals surface area (Å²) in [4.78, 5) is 2.60. The maximum atomic E-state index is 9.75. The Morgan fingerprint density at radius 2 is 2.00 bits per heavy atom. The SMILES string of the molecule is Cn1ccc(CN2C3CCC2CC(O)C3)c1. The van der Waals surface area contributed by atoms with Crippen LogP contribution in [0.1, 0.15) is 31.2 Å². The highest BCUT2D eigenvalue weighted by Crippen LogP contribution is 2.36. The molecule has 2 aliphatic heterocycles. The van der Waals surface area contributed by atoms with E-state index in [1.54, 1.807) is 0 Å². The molecule has 3 nitrogen and oxygen atoms in total. The molecule has 2 unspecified atom stereocenters. The van der Waals surface area contributed by atoms with Gasteiger partial charge in [0.25, 0.3) is 0 Å². The van der Waals surface area contributed by atoms with Crippen molar-refractivity contribution in [2.75, 3.05) is 0 Å². The molecule has 16 heavy (non-hydrogen) atoms. The van der Waals surface area contributed by atoms with E-state index in [0.717, 1.165) is 19.4 Å². The Balaban J connectivity index is 1.72. The van der Waals surface area contributed by atoms with Gasteiger partial charge >= 0.3 is 0 Å². The van der Waals surface area contributed by atoms with Gasteiger partial charge in [-0.05, 0) is 37.3 Å². The van der Waals surface area contributed by atoms with Crippen molar-refractivity contribution in [2.45, 2.75) is 50.4 Å². The zero-order valence-corrected chi connectivity index (χ0v) is 9.84. The molecule has 0 saturated carbocycles. The lowest BCUT2D eigenvalue weighted by Crippen LogP contribution is -2.43. The van der Waals surface area contributed by atoms with Gasteiger partial charge in [0.15, 0.2) is 0 Å². The molecule has 0 aliphatic carbocycles. The van der Waals surface area contributed by atoms with Gasteiger partial charge in [-0.25, -0.2) is 0 Å². The van der Waals surface area contributed by atoms with Gasteiger partial charge in [0.1, 0.15) is 0 Å². The number of aliphatic hydroxyl groups is 1. The molecule has 3 heterocycles. The molecule has 1 N–H and O–H groups in total. The minimum absolute atomic E-state index is 0.0514. The second-order valence-electron chi connectivity index (χ2n) is 5.37. The molecule has 2 saturated heterocycles. The molecule has 2 fully saturated rings. The summed E-state index contributed by atoms with van der Waals surface area (Å²) >= 11 is 0. The van der Waals surface area contributed by atoms with Crippen LogP contribution in [0.2, 0.25) is 0 Å². The number of nitrogens with zero attached hydrogens (tertiary/aromatic N) is 2. The minimum atomic E-state index is -0.0514. The number of aliphatic hydroxyl groups excluding tert-OH is 1. The van der Waals surface area contributed by atoms with E-state index in [1.165, 1.54) is 18.4 Å². The maximum absolute atomic E-state index is 9.75. The number of aromatic nitrogens is 1. The summed E-state index contributed by atoms with van der Waals surface area (Å²) in [5.41, 5.74) is 1.40. The molecule has 1 aromatic heterocycles. The lowest BCUT2D eigenvalue weighted by molar-refractivity contribution is 0.0310. The Bertz CT molecular complexity index is 360. The molecule has 0 aromatic carbocycles. The summed E-state index contributed by atoms with van der Waals surface area (Å²) in [5, 5.41) is 9.75. The Labute approximate surface area is 96.7 Å². The van der Waals surface area contributed by atoms with Crippen LogP contribution in [-0.2, 0) is 13.6 Å². The topological polar surface area (TPSA) is 28.4 Å². The molecule has 2 aliphatic rings. The van der Waals surface area contributed by atoms with Gasteiger partial charge in [-0.15, -0.1) is 0 Å². The number of rotatable bonds is 2. The molecule has 2 bridgehead atoms. The quantitative estimate of drug-likeness (QED) is 0.818. The Morgan fingerprint density at radius 1 is 1.31 bits per heavy atom. The van der Waals surface area contributed by atoms with E-state index in [0.29, 0.717) is 12.1 Å². The number of piperidine rings is 1. The van der Waals surface area contributed by atoms with Crippen molar-refractivity contribution in [1.82, 2.24) is 9.47 Å². The first-order valence-corrected chi connectivity index (χ1v) is 6.27. The number of fused-ring (bicyclic) bond motifs is 2. The summed E-state index contributed by atoms with van der Waals surface area (Å²) < 4.78 is 2.11. The van der Waals surface area contributed by atoms with Crippen LogP contribution in [0.5, 0.6) is 0 Å². The molecule has 0 spiro atoms. The third-order valence-electron chi connectivity index (χ3n) is 4.12. The van der Waals surface area contributed by atoms with Crippen molar-refractivity contribution in [3.63, 3.8) is 0 Å². The maximum Gasteiger partial charge on any atom is 0.0570 e. The van der Waals surface area contributed by atoms with Crippen LogP contribution in [0.25, 0.3) is 0 Å². The van der Waals surface area contributed by atoms with E-state index in [9.17, 15) is 5.11 Å². The smallest absolute Gasteiger partial charge is 0.0570 e. The molecule has 0 amide bonds. The van der Waals surface area contributed by atoms with E-state index in [-0.39, 0.29) is 6.10 Å². The first-order valence-electron chi connectivity index (χ1n) is 6.27. The molecule has 1 aromatic rings. The zero-order chi connectivity index (χ0) is 11.1. The van der Waals surface area contributed by atoms with Gasteiger partial charge in [-0.1, -0.05) is 0 Å². The average Bonchev–Trinajstić information content (AvgIpc) is 2.72. The highest BCUT2D eigenvalue weighted by Gasteiger charge is 2.39. The lowest BCUT2D eigenvalue weighted by Gasteiger charge is -2.36. The van der Waals surface area contributed by atoms with Crippen LogP contribution in [0.4, 0.5) is 0 Å². The Hall–Kier alpha value is -0.800. The van der Waals surface area contributed by atoms with Crippen LogP contribution >= 0.6 is 0 Å². The van der Waals surface area contributed by atoms with Crippen molar-refractivity contribution >= 4 is 0 Å². The van der Waals surface area contributed by atoms with Crippen molar-refractivity contribution in [2.24, 2.45) is 7.05 Å². The molecule has 3 rings (SSSR count).